The van der Waals surface area contributed by atoms with Gasteiger partial charge in [0.1, 0.15) is 0 Å². The number of hydrogen-bond donors (Lipinski definition) is 0. The molecule has 0 aromatic rings. The molecular formula is C13H24N2. The van der Waals surface area contributed by atoms with Crippen LogP contribution in [0.5, 0.6) is 0 Å². The van der Waals surface area contributed by atoms with Gasteiger partial charge in [0.25, 0.3) is 0 Å². The standard InChI is InChI=1S/C13H24N2/c1-13(2)9-12(13)15-8-7-14-6-4-3-5-11(14)10-15/h11-12H,3-10H2,1-2H3. The average Bonchev–Trinajstić information content (AvgIpc) is 2.87. The zero-order chi connectivity index (χ0) is 10.5. The lowest BCUT2D eigenvalue weighted by atomic mass is 9.99. The van der Waals surface area contributed by atoms with Gasteiger partial charge in [0.05, 0.1) is 0 Å². The molecular weight excluding hydrogens is 184 g/mol. The molecule has 0 N–H and O–H groups in total. The smallest absolute Gasteiger partial charge is 0.0223 e. The maximum absolute atomic E-state index is 2.77. The van der Waals surface area contributed by atoms with E-state index in [1.54, 1.807) is 0 Å². The van der Waals surface area contributed by atoms with Crippen molar-refractivity contribution in [1.29, 1.82) is 0 Å². The minimum Gasteiger partial charge on any atom is -0.298 e. The van der Waals surface area contributed by atoms with Crippen molar-refractivity contribution >= 4 is 0 Å². The van der Waals surface area contributed by atoms with Crippen LogP contribution in [0.2, 0.25) is 0 Å². The first kappa shape index (κ1) is 10.1. The molecule has 2 heteroatoms. The molecule has 2 nitrogen and oxygen atoms in total. The van der Waals surface area contributed by atoms with E-state index >= 15 is 0 Å². The van der Waals surface area contributed by atoms with E-state index in [0.29, 0.717) is 5.41 Å². The van der Waals surface area contributed by atoms with E-state index in [4.69, 9.17) is 0 Å². The molecule has 0 spiro atoms. The van der Waals surface area contributed by atoms with Crippen molar-refractivity contribution < 1.29 is 0 Å². The average molecular weight is 208 g/mol. The fourth-order valence-electron chi connectivity index (χ4n) is 3.53. The SMILES string of the molecule is CC1(C)CC1N1CCN2CCCCC2C1. The fourth-order valence-corrected chi connectivity index (χ4v) is 3.53. The Morgan fingerprint density at radius 3 is 2.47 bits per heavy atom. The normalized spacial score (nSPS) is 41.2. The quantitative estimate of drug-likeness (QED) is 0.650. The zero-order valence-electron chi connectivity index (χ0n) is 10.2. The molecule has 15 heavy (non-hydrogen) atoms. The van der Waals surface area contributed by atoms with Crippen molar-refractivity contribution in [1.82, 2.24) is 9.80 Å². The highest BCUT2D eigenvalue weighted by Gasteiger charge is 2.50. The van der Waals surface area contributed by atoms with Gasteiger partial charge < -0.3 is 0 Å². The summed E-state index contributed by atoms with van der Waals surface area (Å²) in [6, 6.07) is 1.80. The van der Waals surface area contributed by atoms with Gasteiger partial charge in [-0.05, 0) is 31.2 Å². The summed E-state index contributed by atoms with van der Waals surface area (Å²) in [5.41, 5.74) is 0.622. The van der Waals surface area contributed by atoms with Gasteiger partial charge in [-0.1, -0.05) is 20.3 Å². The number of nitrogens with zero attached hydrogens (tertiary/aromatic N) is 2. The number of rotatable bonds is 1. The Balaban J connectivity index is 1.61. The van der Waals surface area contributed by atoms with Crippen molar-refractivity contribution in [3.05, 3.63) is 0 Å². The highest BCUT2D eigenvalue weighted by molar-refractivity contribution is 5.05. The number of fused-ring (bicyclic) bond motifs is 1. The minimum atomic E-state index is 0.622. The molecule has 2 saturated heterocycles. The molecule has 2 unspecified atom stereocenters. The molecule has 0 aromatic carbocycles. The van der Waals surface area contributed by atoms with E-state index in [1.165, 1.54) is 51.9 Å². The molecule has 2 heterocycles. The van der Waals surface area contributed by atoms with Gasteiger partial charge in [0, 0.05) is 31.7 Å². The molecule has 0 aromatic heterocycles. The Bertz CT molecular complexity index is 249. The van der Waals surface area contributed by atoms with Crippen LogP contribution in [-0.2, 0) is 0 Å². The first-order chi connectivity index (χ1) is 7.17. The Hall–Kier alpha value is -0.0800. The molecule has 2 aliphatic heterocycles. The highest BCUT2D eigenvalue weighted by atomic mass is 15.3. The molecule has 0 amide bonds. The van der Waals surface area contributed by atoms with Crippen molar-refractivity contribution in [2.75, 3.05) is 26.2 Å². The van der Waals surface area contributed by atoms with Gasteiger partial charge in [0.15, 0.2) is 0 Å². The van der Waals surface area contributed by atoms with Gasteiger partial charge in [-0.25, -0.2) is 0 Å². The van der Waals surface area contributed by atoms with Gasteiger partial charge in [-0.2, -0.15) is 0 Å². The van der Waals surface area contributed by atoms with E-state index in [-0.39, 0.29) is 0 Å². The first-order valence-electron chi connectivity index (χ1n) is 6.65. The number of piperazine rings is 1. The maximum atomic E-state index is 2.77. The second kappa shape index (κ2) is 3.46. The van der Waals surface area contributed by atoms with Crippen LogP contribution in [0.25, 0.3) is 0 Å². The summed E-state index contributed by atoms with van der Waals surface area (Å²) < 4.78 is 0. The van der Waals surface area contributed by atoms with Crippen LogP contribution >= 0.6 is 0 Å². The lowest BCUT2D eigenvalue weighted by Crippen LogP contribution is -2.55. The summed E-state index contributed by atoms with van der Waals surface area (Å²) in [7, 11) is 0. The molecule has 2 atom stereocenters. The summed E-state index contributed by atoms with van der Waals surface area (Å²) in [5.74, 6) is 0. The summed E-state index contributed by atoms with van der Waals surface area (Å²) in [4.78, 5) is 5.50. The largest absolute Gasteiger partial charge is 0.298 e. The van der Waals surface area contributed by atoms with Crippen LogP contribution in [0.1, 0.15) is 39.5 Å². The van der Waals surface area contributed by atoms with Crippen LogP contribution in [0.3, 0.4) is 0 Å². The lowest BCUT2D eigenvalue weighted by molar-refractivity contribution is 0.0400. The fraction of sp³-hybridized carbons (Fsp3) is 1.00. The zero-order valence-corrected chi connectivity index (χ0v) is 10.2. The third kappa shape index (κ3) is 1.83. The molecule has 3 rings (SSSR count). The first-order valence-corrected chi connectivity index (χ1v) is 6.65. The molecule has 0 bridgehead atoms. The van der Waals surface area contributed by atoms with E-state index in [9.17, 15) is 0 Å². The van der Waals surface area contributed by atoms with Crippen LogP contribution < -0.4 is 0 Å². The Kier molecular flexibility index (Phi) is 2.33. The Morgan fingerprint density at radius 1 is 1.00 bits per heavy atom. The van der Waals surface area contributed by atoms with Crippen LogP contribution in [0.15, 0.2) is 0 Å². The lowest BCUT2D eigenvalue weighted by Gasteiger charge is -2.44. The summed E-state index contributed by atoms with van der Waals surface area (Å²) in [6.07, 6.45) is 5.78. The third-order valence-corrected chi connectivity index (χ3v) is 4.77. The van der Waals surface area contributed by atoms with Gasteiger partial charge >= 0.3 is 0 Å². The van der Waals surface area contributed by atoms with Crippen molar-refractivity contribution in [2.24, 2.45) is 5.41 Å². The van der Waals surface area contributed by atoms with Gasteiger partial charge in [-0.3, -0.25) is 9.80 Å². The van der Waals surface area contributed by atoms with Gasteiger partial charge in [-0.15, -0.1) is 0 Å². The molecule has 1 aliphatic carbocycles. The molecule has 3 aliphatic rings. The Labute approximate surface area is 93.6 Å². The van der Waals surface area contributed by atoms with Crippen LogP contribution in [0.4, 0.5) is 0 Å². The monoisotopic (exact) mass is 208 g/mol. The molecule has 86 valence electrons. The maximum Gasteiger partial charge on any atom is 0.0223 e. The van der Waals surface area contributed by atoms with E-state index in [1.807, 2.05) is 0 Å². The van der Waals surface area contributed by atoms with Crippen molar-refractivity contribution in [2.45, 2.75) is 51.6 Å². The second-order valence-corrected chi connectivity index (χ2v) is 6.39. The summed E-state index contributed by atoms with van der Waals surface area (Å²) in [5, 5.41) is 0. The molecule has 3 fully saturated rings. The van der Waals surface area contributed by atoms with E-state index < -0.39 is 0 Å². The predicted molar refractivity (Wildman–Crippen MR) is 63.0 cm³/mol. The third-order valence-electron chi connectivity index (χ3n) is 4.77. The number of piperidine rings is 1. The topological polar surface area (TPSA) is 6.48 Å². The molecule has 0 radical (unpaired) electrons. The molecule has 1 saturated carbocycles. The van der Waals surface area contributed by atoms with Gasteiger partial charge in [0.2, 0.25) is 0 Å². The predicted octanol–water partition coefficient (Wildman–Crippen LogP) is 1.96. The number of hydrogen-bond acceptors (Lipinski definition) is 2. The van der Waals surface area contributed by atoms with E-state index in [0.717, 1.165) is 12.1 Å². The van der Waals surface area contributed by atoms with Crippen LogP contribution in [-0.4, -0.2) is 48.1 Å². The minimum absolute atomic E-state index is 0.622. The highest BCUT2D eigenvalue weighted by Crippen LogP contribution is 2.49. The van der Waals surface area contributed by atoms with Crippen molar-refractivity contribution in [3.63, 3.8) is 0 Å². The Morgan fingerprint density at radius 2 is 1.73 bits per heavy atom. The van der Waals surface area contributed by atoms with Crippen molar-refractivity contribution in [3.8, 4) is 0 Å². The second-order valence-electron chi connectivity index (χ2n) is 6.39. The summed E-state index contributed by atoms with van der Waals surface area (Å²) >= 11 is 0. The van der Waals surface area contributed by atoms with E-state index in [2.05, 4.69) is 23.6 Å². The van der Waals surface area contributed by atoms with Crippen LogP contribution in [0, 0.1) is 5.41 Å². The summed E-state index contributed by atoms with van der Waals surface area (Å²) in [6.45, 7) is 10.2.